The van der Waals surface area contributed by atoms with Crippen LogP contribution in [-0.4, -0.2) is 10.7 Å². The van der Waals surface area contributed by atoms with Crippen molar-refractivity contribution in [2.45, 2.75) is 12.5 Å². The summed E-state index contributed by atoms with van der Waals surface area (Å²) in [5.74, 6) is 0. The molecule has 1 aromatic heterocycles. The van der Waals surface area contributed by atoms with Gasteiger partial charge in [0.25, 0.3) is 0 Å². The van der Waals surface area contributed by atoms with E-state index in [0.717, 1.165) is 39.8 Å². The van der Waals surface area contributed by atoms with Crippen molar-refractivity contribution in [2.75, 3.05) is 10.3 Å². The summed E-state index contributed by atoms with van der Waals surface area (Å²) in [6, 6.07) is 30.8. The van der Waals surface area contributed by atoms with E-state index < -0.39 is 0 Å². The summed E-state index contributed by atoms with van der Waals surface area (Å²) in [6.07, 6.45) is 4.37. The highest BCUT2D eigenvalue weighted by Gasteiger charge is 2.29. The smallest absolute Gasteiger partial charge is 0.0831 e. The Morgan fingerprint density at radius 1 is 0.806 bits per heavy atom. The molecule has 0 amide bonds. The molecular weight excluding hydrogens is 404 g/mol. The quantitative estimate of drug-likeness (QED) is 0.381. The van der Waals surface area contributed by atoms with Crippen LogP contribution in [0.15, 0.2) is 108 Å². The third-order valence-electron chi connectivity index (χ3n) is 5.35. The number of rotatable bonds is 5. The lowest BCUT2D eigenvalue weighted by Crippen LogP contribution is -2.18. The Bertz CT molecular complexity index is 1190. The van der Waals surface area contributed by atoms with Crippen molar-refractivity contribution in [1.82, 2.24) is 4.98 Å². The average molecular weight is 425 g/mol. The Hall–Kier alpha value is -3.63. The highest BCUT2D eigenvalue weighted by molar-refractivity contribution is 6.30. The lowest BCUT2D eigenvalue weighted by Gasteiger charge is -2.24. The molecule has 1 unspecified atom stereocenters. The van der Waals surface area contributed by atoms with Gasteiger partial charge in [-0.1, -0.05) is 54.1 Å². The van der Waals surface area contributed by atoms with E-state index in [4.69, 9.17) is 16.7 Å². The van der Waals surface area contributed by atoms with Crippen molar-refractivity contribution in [1.29, 1.82) is 0 Å². The number of pyridine rings is 1. The molecule has 1 atom stereocenters. The van der Waals surface area contributed by atoms with Gasteiger partial charge in [0.05, 0.1) is 17.4 Å². The topological polar surface area (TPSA) is 40.5 Å². The van der Waals surface area contributed by atoms with Crippen molar-refractivity contribution in [3.8, 4) is 0 Å². The Labute approximate surface area is 186 Å². The number of hydrazone groups is 1. The minimum absolute atomic E-state index is 0.117. The normalized spacial score (nSPS) is 15.6. The molecule has 0 spiro atoms. The minimum Gasteiger partial charge on any atom is -0.355 e. The molecule has 4 nitrogen and oxygen atoms in total. The monoisotopic (exact) mass is 424 g/mol. The molecular formula is C26H21ClN4. The highest BCUT2D eigenvalue weighted by Crippen LogP contribution is 2.37. The van der Waals surface area contributed by atoms with Crippen LogP contribution in [0.5, 0.6) is 0 Å². The largest absolute Gasteiger partial charge is 0.355 e. The molecule has 4 aromatic rings. The first-order valence-corrected chi connectivity index (χ1v) is 10.6. The lowest BCUT2D eigenvalue weighted by molar-refractivity contribution is 0.709. The van der Waals surface area contributed by atoms with Crippen molar-refractivity contribution >= 4 is 34.4 Å². The second-order valence-corrected chi connectivity index (χ2v) is 7.88. The van der Waals surface area contributed by atoms with Crippen LogP contribution in [0.3, 0.4) is 0 Å². The van der Waals surface area contributed by atoms with Gasteiger partial charge in [0, 0.05) is 35.2 Å². The summed E-state index contributed by atoms with van der Waals surface area (Å²) in [5.41, 5.74) is 6.46. The van der Waals surface area contributed by atoms with Crippen LogP contribution >= 0.6 is 11.6 Å². The van der Waals surface area contributed by atoms with Gasteiger partial charge < -0.3 is 5.32 Å². The molecule has 0 aliphatic carbocycles. The van der Waals surface area contributed by atoms with Gasteiger partial charge in [-0.3, -0.25) is 9.99 Å². The summed E-state index contributed by atoms with van der Waals surface area (Å²) in [7, 11) is 0. The van der Waals surface area contributed by atoms with Gasteiger partial charge in [-0.25, -0.2) is 0 Å². The molecule has 0 bridgehead atoms. The SMILES string of the molecule is Clc1ccc(C2CC(c3cccc(Nc4ccncc4)c3)=NN2c2ccccc2)cc1. The van der Waals surface area contributed by atoms with Crippen LogP contribution in [0.4, 0.5) is 17.1 Å². The predicted octanol–water partition coefficient (Wildman–Crippen LogP) is 6.83. The van der Waals surface area contributed by atoms with E-state index in [2.05, 4.69) is 63.8 Å². The third kappa shape index (κ3) is 4.30. The first-order chi connectivity index (χ1) is 15.3. The molecule has 1 aliphatic rings. The third-order valence-corrected chi connectivity index (χ3v) is 5.60. The number of nitrogens with zero attached hydrogens (tertiary/aromatic N) is 3. The standard InChI is InChI=1S/C26H21ClN4/c27-21-11-9-19(10-12-21)26-18-25(30-31(26)24-7-2-1-3-8-24)20-5-4-6-23(17-20)29-22-13-15-28-16-14-22/h1-17,26H,18H2,(H,28,29). The first-order valence-electron chi connectivity index (χ1n) is 10.2. The van der Waals surface area contributed by atoms with Gasteiger partial charge in [0.2, 0.25) is 0 Å². The van der Waals surface area contributed by atoms with Gasteiger partial charge >= 0.3 is 0 Å². The van der Waals surface area contributed by atoms with Gasteiger partial charge in [0.15, 0.2) is 0 Å². The van der Waals surface area contributed by atoms with Gasteiger partial charge in [-0.05, 0) is 59.7 Å². The van der Waals surface area contributed by atoms with Gasteiger partial charge in [-0.2, -0.15) is 5.10 Å². The summed E-state index contributed by atoms with van der Waals surface area (Å²) in [4.78, 5) is 4.07. The minimum atomic E-state index is 0.117. The number of benzene rings is 3. The Kier molecular flexibility index (Phi) is 5.38. The zero-order chi connectivity index (χ0) is 21.0. The van der Waals surface area contributed by atoms with Crippen molar-refractivity contribution in [3.05, 3.63) is 120 Å². The summed E-state index contributed by atoms with van der Waals surface area (Å²) in [6.45, 7) is 0. The zero-order valence-electron chi connectivity index (χ0n) is 16.8. The molecule has 1 aliphatic heterocycles. The number of anilines is 3. The molecule has 1 N–H and O–H groups in total. The molecule has 3 aromatic carbocycles. The van der Waals surface area contributed by atoms with E-state index in [1.54, 1.807) is 12.4 Å². The number of aromatic nitrogens is 1. The fourth-order valence-corrected chi connectivity index (χ4v) is 3.95. The molecule has 0 saturated heterocycles. The molecule has 5 heteroatoms. The average Bonchev–Trinajstić information content (AvgIpc) is 3.27. The van der Waals surface area contributed by atoms with E-state index in [0.29, 0.717) is 0 Å². The van der Waals surface area contributed by atoms with Crippen LogP contribution in [0.2, 0.25) is 5.02 Å². The zero-order valence-corrected chi connectivity index (χ0v) is 17.6. The molecule has 0 saturated carbocycles. The lowest BCUT2D eigenvalue weighted by atomic mass is 9.98. The molecule has 0 radical (unpaired) electrons. The Balaban J connectivity index is 1.47. The number of halogens is 1. The number of nitrogens with one attached hydrogen (secondary N) is 1. The van der Waals surface area contributed by atoms with E-state index >= 15 is 0 Å². The van der Waals surface area contributed by atoms with E-state index in [-0.39, 0.29) is 6.04 Å². The molecule has 5 rings (SSSR count). The maximum absolute atomic E-state index is 6.13. The number of para-hydroxylation sites is 1. The predicted molar refractivity (Wildman–Crippen MR) is 128 cm³/mol. The van der Waals surface area contributed by atoms with E-state index in [9.17, 15) is 0 Å². The highest BCUT2D eigenvalue weighted by atomic mass is 35.5. The fraction of sp³-hybridized carbons (Fsp3) is 0.0769. The van der Waals surface area contributed by atoms with Crippen LogP contribution in [0, 0.1) is 0 Å². The summed E-state index contributed by atoms with van der Waals surface area (Å²) >= 11 is 6.13. The van der Waals surface area contributed by atoms with E-state index in [1.807, 2.05) is 42.5 Å². The molecule has 31 heavy (non-hydrogen) atoms. The van der Waals surface area contributed by atoms with Crippen LogP contribution in [0.1, 0.15) is 23.6 Å². The second kappa shape index (κ2) is 8.62. The first kappa shape index (κ1) is 19.3. The van der Waals surface area contributed by atoms with Crippen LogP contribution in [0.25, 0.3) is 0 Å². The number of hydrogen-bond donors (Lipinski definition) is 1. The Morgan fingerprint density at radius 3 is 2.35 bits per heavy atom. The summed E-state index contributed by atoms with van der Waals surface area (Å²) in [5, 5.41) is 11.3. The van der Waals surface area contributed by atoms with Crippen molar-refractivity contribution < 1.29 is 0 Å². The van der Waals surface area contributed by atoms with Gasteiger partial charge in [-0.15, -0.1) is 0 Å². The van der Waals surface area contributed by atoms with Crippen molar-refractivity contribution in [3.63, 3.8) is 0 Å². The number of hydrogen-bond acceptors (Lipinski definition) is 4. The maximum Gasteiger partial charge on any atom is 0.0831 e. The summed E-state index contributed by atoms with van der Waals surface area (Å²) < 4.78 is 0. The van der Waals surface area contributed by atoms with Crippen molar-refractivity contribution in [2.24, 2.45) is 5.10 Å². The molecule has 0 fully saturated rings. The second-order valence-electron chi connectivity index (χ2n) is 7.44. The maximum atomic E-state index is 6.13. The fourth-order valence-electron chi connectivity index (χ4n) is 3.83. The van der Waals surface area contributed by atoms with Gasteiger partial charge in [0.1, 0.15) is 0 Å². The Morgan fingerprint density at radius 2 is 1.58 bits per heavy atom. The molecule has 152 valence electrons. The van der Waals surface area contributed by atoms with Crippen LogP contribution < -0.4 is 10.3 Å². The van der Waals surface area contributed by atoms with E-state index in [1.165, 1.54) is 5.56 Å². The molecule has 2 heterocycles. The van der Waals surface area contributed by atoms with Crippen LogP contribution in [-0.2, 0) is 0 Å².